The lowest BCUT2D eigenvalue weighted by atomic mass is 10.1. The van der Waals surface area contributed by atoms with Crippen LogP contribution in [0.1, 0.15) is 34.1 Å². The summed E-state index contributed by atoms with van der Waals surface area (Å²) in [6.45, 7) is 2.21. The first-order valence-electron chi connectivity index (χ1n) is 8.14. The van der Waals surface area contributed by atoms with E-state index in [9.17, 15) is 9.90 Å². The Morgan fingerprint density at radius 2 is 1.96 bits per heavy atom. The monoisotopic (exact) mass is 336 g/mol. The van der Waals surface area contributed by atoms with E-state index in [1.54, 1.807) is 10.9 Å². The normalized spacial score (nSPS) is 11.9. The number of aromatic nitrogens is 3. The van der Waals surface area contributed by atoms with Crippen molar-refractivity contribution in [2.75, 3.05) is 6.54 Å². The number of aliphatic hydroxyl groups excluding tert-OH is 1. The summed E-state index contributed by atoms with van der Waals surface area (Å²) >= 11 is 0. The number of hydrogen-bond acceptors (Lipinski definition) is 4. The van der Waals surface area contributed by atoms with Crippen molar-refractivity contribution in [1.82, 2.24) is 20.1 Å². The Morgan fingerprint density at radius 3 is 2.68 bits per heavy atom. The second-order valence-electron chi connectivity index (χ2n) is 5.71. The minimum Gasteiger partial charge on any atom is -0.388 e. The second kappa shape index (κ2) is 7.72. The molecule has 0 fully saturated rings. The number of nitrogens with one attached hydrogen (secondary N) is 1. The largest absolute Gasteiger partial charge is 0.388 e. The van der Waals surface area contributed by atoms with Crippen LogP contribution in [0.25, 0.3) is 5.82 Å². The third-order valence-corrected chi connectivity index (χ3v) is 4.01. The highest BCUT2D eigenvalue weighted by molar-refractivity contribution is 5.95. The summed E-state index contributed by atoms with van der Waals surface area (Å²) in [6.07, 6.45) is 3.07. The first kappa shape index (κ1) is 16.9. The lowest BCUT2D eigenvalue weighted by Gasteiger charge is -2.11. The van der Waals surface area contributed by atoms with Gasteiger partial charge >= 0.3 is 0 Å². The topological polar surface area (TPSA) is 80.0 Å². The average Bonchev–Trinajstić information content (AvgIpc) is 3.04. The van der Waals surface area contributed by atoms with Crippen LogP contribution in [-0.4, -0.2) is 32.3 Å². The van der Waals surface area contributed by atoms with E-state index in [2.05, 4.69) is 15.4 Å². The molecule has 0 aliphatic heterocycles. The Hall–Kier alpha value is -2.99. The van der Waals surface area contributed by atoms with Crippen molar-refractivity contribution in [2.24, 2.45) is 0 Å². The van der Waals surface area contributed by atoms with Crippen molar-refractivity contribution in [3.05, 3.63) is 77.7 Å². The Bertz CT molecular complexity index is 831. The van der Waals surface area contributed by atoms with Gasteiger partial charge in [-0.25, -0.2) is 9.67 Å². The number of hydrogen-bond donors (Lipinski definition) is 2. The van der Waals surface area contributed by atoms with Gasteiger partial charge in [-0.15, -0.1) is 0 Å². The molecule has 6 nitrogen and oxygen atoms in total. The molecule has 2 aromatic heterocycles. The van der Waals surface area contributed by atoms with E-state index in [-0.39, 0.29) is 5.91 Å². The molecule has 0 spiro atoms. The van der Waals surface area contributed by atoms with Gasteiger partial charge in [-0.2, -0.15) is 5.10 Å². The number of rotatable bonds is 6. The fraction of sp³-hybridized carbons (Fsp3) is 0.211. The van der Waals surface area contributed by atoms with Crippen molar-refractivity contribution in [3.8, 4) is 5.82 Å². The number of aliphatic hydroxyl groups is 1. The first-order valence-corrected chi connectivity index (χ1v) is 8.14. The maximum absolute atomic E-state index is 12.4. The molecule has 1 amide bonds. The first-order chi connectivity index (χ1) is 12.2. The van der Waals surface area contributed by atoms with Crippen LogP contribution in [0.15, 0.2) is 60.9 Å². The molecular formula is C19H20N4O2. The Labute approximate surface area is 146 Å². The van der Waals surface area contributed by atoms with E-state index < -0.39 is 6.10 Å². The van der Waals surface area contributed by atoms with Gasteiger partial charge in [0.1, 0.15) is 0 Å². The van der Waals surface area contributed by atoms with Crippen LogP contribution in [-0.2, 0) is 0 Å². The maximum atomic E-state index is 12.4. The van der Waals surface area contributed by atoms with Gasteiger partial charge in [-0.05, 0) is 31.0 Å². The van der Waals surface area contributed by atoms with Gasteiger partial charge in [0.05, 0.1) is 23.6 Å². The van der Waals surface area contributed by atoms with E-state index in [0.717, 1.165) is 11.3 Å². The van der Waals surface area contributed by atoms with Gasteiger partial charge in [0.2, 0.25) is 0 Å². The summed E-state index contributed by atoms with van der Waals surface area (Å²) in [7, 11) is 0. The van der Waals surface area contributed by atoms with Crippen molar-refractivity contribution in [3.63, 3.8) is 0 Å². The van der Waals surface area contributed by atoms with E-state index in [0.29, 0.717) is 24.3 Å². The maximum Gasteiger partial charge on any atom is 0.254 e. The lowest BCUT2D eigenvalue weighted by molar-refractivity contribution is 0.0942. The molecule has 2 N–H and O–H groups in total. The van der Waals surface area contributed by atoms with E-state index in [1.165, 1.54) is 6.20 Å². The summed E-state index contributed by atoms with van der Waals surface area (Å²) in [5.74, 6) is 0.457. The molecule has 0 radical (unpaired) electrons. The van der Waals surface area contributed by atoms with E-state index >= 15 is 0 Å². The summed E-state index contributed by atoms with van der Waals surface area (Å²) in [5, 5.41) is 17.2. The van der Waals surface area contributed by atoms with Gasteiger partial charge in [-0.1, -0.05) is 36.4 Å². The van der Waals surface area contributed by atoms with Crippen LogP contribution in [0.2, 0.25) is 0 Å². The molecule has 3 aromatic rings. The Kier molecular flexibility index (Phi) is 5.20. The third-order valence-electron chi connectivity index (χ3n) is 4.01. The van der Waals surface area contributed by atoms with Crippen LogP contribution in [0.5, 0.6) is 0 Å². The minimum absolute atomic E-state index is 0.208. The number of carbonyl (C=O) groups is 1. The van der Waals surface area contributed by atoms with Crippen molar-refractivity contribution >= 4 is 5.91 Å². The zero-order chi connectivity index (χ0) is 17.6. The van der Waals surface area contributed by atoms with Crippen molar-refractivity contribution < 1.29 is 9.90 Å². The van der Waals surface area contributed by atoms with Gasteiger partial charge in [-0.3, -0.25) is 4.79 Å². The highest BCUT2D eigenvalue weighted by Gasteiger charge is 2.16. The predicted molar refractivity (Wildman–Crippen MR) is 94.4 cm³/mol. The standard InChI is InChI=1S/C19H20N4O2/c1-14-16(13-22-23(14)18-9-5-6-11-20-18)19(25)21-12-10-17(24)15-7-3-2-4-8-15/h2-9,11,13,17,24H,10,12H2,1H3,(H,21,25). The fourth-order valence-corrected chi connectivity index (χ4v) is 2.60. The fourth-order valence-electron chi connectivity index (χ4n) is 2.60. The Morgan fingerprint density at radius 1 is 1.20 bits per heavy atom. The van der Waals surface area contributed by atoms with E-state index in [4.69, 9.17) is 0 Å². The van der Waals surface area contributed by atoms with Crippen LogP contribution in [0.4, 0.5) is 0 Å². The molecule has 6 heteroatoms. The summed E-state index contributed by atoms with van der Waals surface area (Å²) < 4.78 is 1.63. The minimum atomic E-state index is -0.598. The molecule has 1 atom stereocenters. The molecule has 0 bridgehead atoms. The number of pyridine rings is 1. The summed E-state index contributed by atoms with van der Waals surface area (Å²) in [4.78, 5) is 16.6. The molecule has 25 heavy (non-hydrogen) atoms. The van der Waals surface area contributed by atoms with Crippen molar-refractivity contribution in [2.45, 2.75) is 19.4 Å². The number of nitrogens with zero attached hydrogens (tertiary/aromatic N) is 3. The van der Waals surface area contributed by atoms with Gasteiger partial charge < -0.3 is 10.4 Å². The van der Waals surface area contributed by atoms with Crippen LogP contribution < -0.4 is 5.32 Å². The van der Waals surface area contributed by atoms with Gasteiger partial charge in [0.15, 0.2) is 5.82 Å². The molecule has 0 aliphatic carbocycles. The molecule has 128 valence electrons. The zero-order valence-electron chi connectivity index (χ0n) is 14.0. The molecule has 3 rings (SSSR count). The zero-order valence-corrected chi connectivity index (χ0v) is 14.0. The van der Waals surface area contributed by atoms with Crippen LogP contribution in [0, 0.1) is 6.92 Å². The molecule has 2 heterocycles. The summed E-state index contributed by atoms with van der Waals surface area (Å²) in [6, 6.07) is 14.9. The number of benzene rings is 1. The summed E-state index contributed by atoms with van der Waals surface area (Å²) in [5.41, 5.74) is 2.07. The molecule has 0 aliphatic rings. The molecular weight excluding hydrogens is 316 g/mol. The SMILES string of the molecule is Cc1c(C(=O)NCCC(O)c2ccccc2)cnn1-c1ccccn1. The van der Waals surface area contributed by atoms with Crippen LogP contribution in [0.3, 0.4) is 0 Å². The number of carbonyl (C=O) groups excluding carboxylic acids is 1. The predicted octanol–water partition coefficient (Wildman–Crippen LogP) is 2.43. The molecule has 1 aromatic carbocycles. The lowest BCUT2D eigenvalue weighted by Crippen LogP contribution is -2.26. The number of amides is 1. The van der Waals surface area contributed by atoms with E-state index in [1.807, 2.05) is 55.5 Å². The van der Waals surface area contributed by atoms with Crippen LogP contribution >= 0.6 is 0 Å². The van der Waals surface area contributed by atoms with Gasteiger partial charge in [0.25, 0.3) is 5.91 Å². The molecule has 0 saturated heterocycles. The Balaban J connectivity index is 1.60. The van der Waals surface area contributed by atoms with Gasteiger partial charge in [0, 0.05) is 12.7 Å². The average molecular weight is 336 g/mol. The quantitative estimate of drug-likeness (QED) is 0.724. The molecule has 0 saturated carbocycles. The smallest absolute Gasteiger partial charge is 0.254 e. The van der Waals surface area contributed by atoms with Crippen molar-refractivity contribution in [1.29, 1.82) is 0 Å². The second-order valence-corrected chi connectivity index (χ2v) is 5.71. The highest BCUT2D eigenvalue weighted by atomic mass is 16.3. The highest BCUT2D eigenvalue weighted by Crippen LogP contribution is 2.15. The third kappa shape index (κ3) is 3.92. The molecule has 1 unspecified atom stereocenters.